The maximum Gasteiger partial charge on any atom is 2.00 e. The monoisotopic (exact) mass is 347 g/mol. The number of nitrogens with one attached hydrogen (secondary N) is 1. The minimum absolute atomic E-state index is 0. The van der Waals surface area contributed by atoms with Gasteiger partial charge in [0.05, 0.1) is 0 Å². The topological polar surface area (TPSA) is 92.3 Å². The summed E-state index contributed by atoms with van der Waals surface area (Å²) in [5.41, 5.74) is 0. The van der Waals surface area contributed by atoms with Crippen LogP contribution in [0.1, 0.15) is 39.5 Å². The summed E-state index contributed by atoms with van der Waals surface area (Å²) in [5, 5.41) is 16.5. The molecule has 0 bridgehead atoms. The molecule has 0 aromatic rings. The molecule has 0 aromatic carbocycles. The van der Waals surface area contributed by atoms with Crippen LogP contribution in [0.25, 0.3) is 0 Å². The second-order valence-corrected chi connectivity index (χ2v) is 4.74. The smallest absolute Gasteiger partial charge is 0.554 e. The molecule has 18 heavy (non-hydrogen) atoms. The minimum atomic E-state index is -0.500. The van der Waals surface area contributed by atoms with Crippen LogP contribution in [0.5, 0.6) is 0 Å². The molecule has 0 rings (SSSR count). The summed E-state index contributed by atoms with van der Waals surface area (Å²) < 4.78 is 3.29. The second-order valence-electron chi connectivity index (χ2n) is 2.68. The van der Waals surface area contributed by atoms with Gasteiger partial charge in [-0.15, -0.1) is 0 Å². The van der Waals surface area contributed by atoms with E-state index in [9.17, 15) is 0 Å². The number of carbonyl (C=O) groups excluding carboxylic acids is 2. The first-order valence-electron chi connectivity index (χ1n) is 5.34. The van der Waals surface area contributed by atoms with Gasteiger partial charge in [-0.2, -0.15) is 0 Å². The second kappa shape index (κ2) is 36.0. The van der Waals surface area contributed by atoms with Crippen molar-refractivity contribution in [2.75, 3.05) is 11.5 Å². The van der Waals surface area contributed by atoms with Gasteiger partial charge >= 0.3 is 19.5 Å². The maximum absolute atomic E-state index is 8.25. The number of hydrogen-bond acceptors (Lipinski definition) is 7. The molecule has 0 amide bonds. The van der Waals surface area contributed by atoms with Crippen molar-refractivity contribution in [3.63, 3.8) is 0 Å². The fourth-order valence-corrected chi connectivity index (χ4v) is 2.42. The number of carbonyl (C=O) groups is 2. The van der Waals surface area contributed by atoms with Crippen LogP contribution in [-0.2, 0) is 29.1 Å². The van der Waals surface area contributed by atoms with Crippen molar-refractivity contribution in [1.82, 2.24) is 4.13 Å². The molecule has 0 saturated carbocycles. The van der Waals surface area contributed by atoms with E-state index in [1.807, 2.05) is 23.9 Å². The molecule has 0 atom stereocenters. The SMILES string of the molecule is CCCCSNSCCCC.O=C[O-].O=C[O-].[Zn+2]. The first-order chi connectivity index (χ1) is 8.24. The van der Waals surface area contributed by atoms with Gasteiger partial charge in [-0.1, -0.05) is 50.6 Å². The third-order valence-corrected chi connectivity index (χ3v) is 3.25. The van der Waals surface area contributed by atoms with E-state index in [4.69, 9.17) is 19.8 Å². The standard InChI is InChI=1S/C8H19NS2.2CH2O2.Zn/c1-3-5-7-10-9-11-8-6-4-2;2*2-1-3;/h9H,3-8H2,1-2H3;2*1H,(H,2,3);/q;;;+2/p-2. The van der Waals surface area contributed by atoms with E-state index in [2.05, 4.69) is 18.0 Å². The zero-order valence-electron chi connectivity index (χ0n) is 11.1. The predicted octanol–water partition coefficient (Wildman–Crippen LogP) is 0.202. The molecular formula is C10H21NO4S2Zn. The first-order valence-corrected chi connectivity index (χ1v) is 7.31. The van der Waals surface area contributed by atoms with E-state index in [0.717, 1.165) is 0 Å². The average molecular weight is 349 g/mol. The van der Waals surface area contributed by atoms with Gasteiger partial charge in [-0.05, 0) is 12.8 Å². The van der Waals surface area contributed by atoms with Crippen LogP contribution in [0.2, 0.25) is 0 Å². The molecule has 5 nitrogen and oxygen atoms in total. The summed E-state index contributed by atoms with van der Waals surface area (Å²) in [6.45, 7) is 3.45. The molecule has 0 aliphatic heterocycles. The van der Waals surface area contributed by atoms with Gasteiger partial charge in [-0.25, -0.2) is 4.13 Å². The van der Waals surface area contributed by atoms with Crippen molar-refractivity contribution in [3.8, 4) is 0 Å². The zero-order valence-corrected chi connectivity index (χ0v) is 15.7. The number of carboxylic acid groups (broad SMARTS) is 2. The number of unbranched alkanes of at least 4 members (excludes halogenated alkanes) is 2. The molecule has 104 valence electrons. The Morgan fingerprint density at radius 2 is 1.22 bits per heavy atom. The van der Waals surface area contributed by atoms with Crippen LogP contribution in [0.4, 0.5) is 0 Å². The van der Waals surface area contributed by atoms with Gasteiger partial charge in [0.1, 0.15) is 0 Å². The largest absolute Gasteiger partial charge is 2.00 e. The fraction of sp³-hybridized carbons (Fsp3) is 0.800. The Labute approximate surface area is 131 Å². The van der Waals surface area contributed by atoms with Crippen LogP contribution in [0.15, 0.2) is 0 Å². The zero-order chi connectivity index (χ0) is 13.8. The molecular weight excluding hydrogens is 328 g/mol. The summed E-state index contributed by atoms with van der Waals surface area (Å²) in [6, 6.07) is 0. The molecule has 0 radical (unpaired) electrons. The van der Waals surface area contributed by atoms with Crippen LogP contribution < -0.4 is 14.3 Å². The molecule has 8 heteroatoms. The van der Waals surface area contributed by atoms with Crippen LogP contribution >= 0.6 is 23.9 Å². The van der Waals surface area contributed by atoms with Crippen molar-refractivity contribution in [2.24, 2.45) is 0 Å². The Bertz CT molecular complexity index is 131. The van der Waals surface area contributed by atoms with E-state index in [0.29, 0.717) is 0 Å². The Hall–Kier alpha value is 0.223. The fourth-order valence-electron chi connectivity index (χ4n) is 0.558. The summed E-state index contributed by atoms with van der Waals surface area (Å²) in [4.78, 5) is 16.5. The van der Waals surface area contributed by atoms with Crippen LogP contribution in [0, 0.1) is 0 Å². The maximum atomic E-state index is 8.25. The molecule has 0 saturated heterocycles. The average Bonchev–Trinajstić information content (AvgIpc) is 2.30. The molecule has 0 aromatic heterocycles. The van der Waals surface area contributed by atoms with Gasteiger partial charge in [0, 0.05) is 24.5 Å². The van der Waals surface area contributed by atoms with E-state index in [-0.39, 0.29) is 19.5 Å². The molecule has 0 spiro atoms. The van der Waals surface area contributed by atoms with Crippen molar-refractivity contribution in [1.29, 1.82) is 0 Å². The molecule has 0 aliphatic carbocycles. The van der Waals surface area contributed by atoms with Crippen molar-refractivity contribution < 1.29 is 39.3 Å². The summed E-state index contributed by atoms with van der Waals surface area (Å²) in [7, 11) is 0. The number of hydrogen-bond donors (Lipinski definition) is 1. The molecule has 1 N–H and O–H groups in total. The third kappa shape index (κ3) is 55.6. The van der Waals surface area contributed by atoms with Crippen molar-refractivity contribution >= 4 is 36.8 Å². The quantitative estimate of drug-likeness (QED) is 0.290. The summed E-state index contributed by atoms with van der Waals surface area (Å²) >= 11 is 3.68. The number of rotatable bonds is 8. The van der Waals surface area contributed by atoms with Gasteiger partial charge in [0.15, 0.2) is 0 Å². The predicted molar refractivity (Wildman–Crippen MR) is 70.0 cm³/mol. The van der Waals surface area contributed by atoms with Crippen LogP contribution in [-0.4, -0.2) is 24.5 Å². The first kappa shape index (κ1) is 26.7. The van der Waals surface area contributed by atoms with E-state index in [1.165, 1.54) is 37.2 Å². The van der Waals surface area contributed by atoms with Crippen LogP contribution in [0.3, 0.4) is 0 Å². The molecule has 0 aliphatic rings. The van der Waals surface area contributed by atoms with Gasteiger partial charge in [0.2, 0.25) is 0 Å². The van der Waals surface area contributed by atoms with E-state index >= 15 is 0 Å². The van der Waals surface area contributed by atoms with E-state index in [1.54, 1.807) is 0 Å². The summed E-state index contributed by atoms with van der Waals surface area (Å²) in [6.07, 6.45) is 5.25. The Kier molecular flexibility index (Phi) is 53.4. The Balaban J connectivity index is -0.000000119. The third-order valence-electron chi connectivity index (χ3n) is 1.32. The molecule has 0 unspecified atom stereocenters. The minimum Gasteiger partial charge on any atom is -0.554 e. The van der Waals surface area contributed by atoms with Gasteiger partial charge in [-0.3, -0.25) is 0 Å². The molecule has 0 heterocycles. The Morgan fingerprint density at radius 1 is 0.944 bits per heavy atom. The Morgan fingerprint density at radius 3 is 1.44 bits per heavy atom. The molecule has 0 fully saturated rings. The normalized spacial score (nSPS) is 7.67. The van der Waals surface area contributed by atoms with Crippen molar-refractivity contribution in [3.05, 3.63) is 0 Å². The van der Waals surface area contributed by atoms with Gasteiger partial charge in [0.25, 0.3) is 0 Å². The summed E-state index contributed by atoms with van der Waals surface area (Å²) in [5.74, 6) is 2.49. The van der Waals surface area contributed by atoms with E-state index < -0.39 is 12.9 Å². The van der Waals surface area contributed by atoms with Crippen molar-refractivity contribution in [2.45, 2.75) is 39.5 Å². The van der Waals surface area contributed by atoms with Gasteiger partial charge < -0.3 is 19.8 Å².